The van der Waals surface area contributed by atoms with Crippen LogP contribution in [0.15, 0.2) is 41.6 Å². The number of methoxy groups -OCH3 is 1. The summed E-state index contributed by atoms with van der Waals surface area (Å²) in [7, 11) is 1.27. The van der Waals surface area contributed by atoms with Crippen molar-refractivity contribution < 1.29 is 19.1 Å². The van der Waals surface area contributed by atoms with Crippen LogP contribution in [-0.2, 0) is 14.3 Å². The van der Waals surface area contributed by atoms with Crippen molar-refractivity contribution in [3.05, 3.63) is 47.2 Å². The molecule has 0 aromatic heterocycles. The van der Waals surface area contributed by atoms with E-state index in [-0.39, 0.29) is 17.5 Å². The number of amides is 2. The predicted molar refractivity (Wildman–Crippen MR) is 91.1 cm³/mol. The number of carbonyl (C=O) groups excluding carboxylic acids is 3. The molecule has 130 valence electrons. The fourth-order valence-electron chi connectivity index (χ4n) is 2.02. The van der Waals surface area contributed by atoms with E-state index in [1.807, 2.05) is 0 Å². The van der Waals surface area contributed by atoms with Gasteiger partial charge < -0.3 is 15.4 Å². The average Bonchev–Trinajstić information content (AvgIpc) is 2.56. The van der Waals surface area contributed by atoms with Crippen molar-refractivity contribution in [3.8, 4) is 0 Å². The Labute approximate surface area is 142 Å². The number of rotatable bonds is 6. The molecule has 2 N–H and O–H groups in total. The first-order chi connectivity index (χ1) is 11.3. The molecule has 2 amide bonds. The summed E-state index contributed by atoms with van der Waals surface area (Å²) in [6, 6.07) is 7.80. The first kappa shape index (κ1) is 19.4. The molecular formula is C18H24N2O4. The number of hydrogen-bond acceptors (Lipinski definition) is 4. The van der Waals surface area contributed by atoms with E-state index < -0.39 is 17.9 Å². The van der Waals surface area contributed by atoms with Gasteiger partial charge in [-0.3, -0.25) is 9.59 Å². The Kier molecular flexibility index (Phi) is 7.17. The Bertz CT molecular complexity index is 632. The third-order valence-corrected chi connectivity index (χ3v) is 3.41. The summed E-state index contributed by atoms with van der Waals surface area (Å²) in [5, 5.41) is 5.23. The van der Waals surface area contributed by atoms with Crippen LogP contribution in [0, 0.1) is 5.92 Å². The van der Waals surface area contributed by atoms with Crippen molar-refractivity contribution in [2.45, 2.75) is 33.7 Å². The molecule has 0 aliphatic carbocycles. The van der Waals surface area contributed by atoms with Crippen LogP contribution in [0.1, 0.15) is 38.1 Å². The largest absolute Gasteiger partial charge is 0.467 e. The second-order valence-corrected chi connectivity index (χ2v) is 5.91. The molecule has 1 atom stereocenters. The molecule has 1 aromatic carbocycles. The normalized spacial score (nSPS) is 11.4. The highest BCUT2D eigenvalue weighted by Gasteiger charge is 2.27. The summed E-state index contributed by atoms with van der Waals surface area (Å²) >= 11 is 0. The summed E-state index contributed by atoms with van der Waals surface area (Å²) in [6.45, 7) is 7.02. The number of benzene rings is 1. The number of ether oxygens (including phenoxy) is 1. The second-order valence-electron chi connectivity index (χ2n) is 5.91. The molecule has 0 aliphatic heterocycles. The maximum Gasteiger partial charge on any atom is 0.328 e. The van der Waals surface area contributed by atoms with E-state index in [1.54, 1.807) is 58.0 Å². The fraction of sp³-hybridized carbons (Fsp3) is 0.389. The molecular weight excluding hydrogens is 308 g/mol. The van der Waals surface area contributed by atoms with Crippen LogP contribution in [0.5, 0.6) is 0 Å². The average molecular weight is 332 g/mol. The lowest BCUT2D eigenvalue weighted by Gasteiger charge is -2.21. The molecule has 0 aliphatic rings. The second kappa shape index (κ2) is 8.86. The molecule has 0 bridgehead atoms. The lowest BCUT2D eigenvalue weighted by molar-refractivity contribution is -0.146. The van der Waals surface area contributed by atoms with E-state index in [4.69, 9.17) is 4.74 Å². The Hall–Kier alpha value is -2.63. The molecule has 0 heterocycles. The van der Waals surface area contributed by atoms with E-state index in [2.05, 4.69) is 10.6 Å². The zero-order valence-corrected chi connectivity index (χ0v) is 14.7. The van der Waals surface area contributed by atoms with Crippen LogP contribution >= 0.6 is 0 Å². The van der Waals surface area contributed by atoms with E-state index in [0.29, 0.717) is 11.1 Å². The van der Waals surface area contributed by atoms with E-state index in [1.165, 1.54) is 7.11 Å². The fourth-order valence-corrected chi connectivity index (χ4v) is 2.02. The van der Waals surface area contributed by atoms with Gasteiger partial charge >= 0.3 is 5.97 Å². The summed E-state index contributed by atoms with van der Waals surface area (Å²) < 4.78 is 4.71. The molecule has 1 aromatic rings. The van der Waals surface area contributed by atoms with Crippen LogP contribution in [0.4, 0.5) is 0 Å². The van der Waals surface area contributed by atoms with Crippen LogP contribution < -0.4 is 10.6 Å². The van der Waals surface area contributed by atoms with Crippen molar-refractivity contribution in [2.75, 3.05) is 7.11 Å². The summed E-state index contributed by atoms with van der Waals surface area (Å²) in [6.07, 6.45) is 0. The zero-order chi connectivity index (χ0) is 18.3. The minimum absolute atomic E-state index is 0.124. The predicted octanol–water partition coefficient (Wildman–Crippen LogP) is 2.02. The first-order valence-electron chi connectivity index (χ1n) is 7.70. The highest BCUT2D eigenvalue weighted by Crippen LogP contribution is 2.08. The minimum Gasteiger partial charge on any atom is -0.467 e. The molecule has 0 fully saturated rings. The van der Waals surface area contributed by atoms with Gasteiger partial charge in [0.25, 0.3) is 11.8 Å². The van der Waals surface area contributed by atoms with E-state index in [9.17, 15) is 14.4 Å². The van der Waals surface area contributed by atoms with Gasteiger partial charge in [0.1, 0.15) is 11.7 Å². The minimum atomic E-state index is -0.787. The van der Waals surface area contributed by atoms with Crippen molar-refractivity contribution in [3.63, 3.8) is 0 Å². The van der Waals surface area contributed by atoms with Crippen LogP contribution in [0.2, 0.25) is 0 Å². The first-order valence-corrected chi connectivity index (χ1v) is 7.70. The lowest BCUT2D eigenvalue weighted by atomic mass is 10.0. The molecule has 0 spiro atoms. The standard InChI is InChI=1S/C18H24N2O4/c1-11(2)14(19-16(21)13-9-7-6-8-10-13)17(22)20-15(12(3)4)18(23)24-5/h6-10,12,15H,1-5H3,(H,19,21)(H,20,22)/t15-/m0/s1. The van der Waals surface area contributed by atoms with Crippen LogP contribution in [-0.4, -0.2) is 30.9 Å². The molecule has 1 rings (SSSR count). The highest BCUT2D eigenvalue weighted by molar-refractivity contribution is 6.04. The SMILES string of the molecule is COC(=O)[C@@H](NC(=O)C(NC(=O)c1ccccc1)=C(C)C)C(C)C. The summed E-state index contributed by atoms with van der Waals surface area (Å²) in [4.78, 5) is 36.5. The topological polar surface area (TPSA) is 84.5 Å². The van der Waals surface area contributed by atoms with Gasteiger partial charge in [0.15, 0.2) is 0 Å². The zero-order valence-electron chi connectivity index (χ0n) is 14.7. The Balaban J connectivity index is 2.93. The van der Waals surface area contributed by atoms with Crippen molar-refractivity contribution in [2.24, 2.45) is 5.92 Å². The summed E-state index contributed by atoms with van der Waals surface area (Å²) in [5.41, 5.74) is 1.19. The van der Waals surface area contributed by atoms with Gasteiger partial charge in [-0.05, 0) is 37.5 Å². The molecule has 0 radical (unpaired) electrons. The molecule has 0 unspecified atom stereocenters. The Morgan fingerprint density at radius 1 is 1.04 bits per heavy atom. The van der Waals surface area contributed by atoms with Crippen molar-refractivity contribution >= 4 is 17.8 Å². The quantitative estimate of drug-likeness (QED) is 0.616. The van der Waals surface area contributed by atoms with Gasteiger partial charge in [-0.15, -0.1) is 0 Å². The van der Waals surface area contributed by atoms with E-state index in [0.717, 1.165) is 0 Å². The van der Waals surface area contributed by atoms with Crippen molar-refractivity contribution in [1.29, 1.82) is 0 Å². The Morgan fingerprint density at radius 3 is 2.08 bits per heavy atom. The molecule has 0 saturated carbocycles. The van der Waals surface area contributed by atoms with Crippen molar-refractivity contribution in [1.82, 2.24) is 10.6 Å². The molecule has 6 nitrogen and oxygen atoms in total. The van der Waals surface area contributed by atoms with Gasteiger partial charge in [0.05, 0.1) is 7.11 Å². The maximum atomic E-state index is 12.5. The molecule has 0 saturated heterocycles. The number of allylic oxidation sites excluding steroid dienone is 1. The smallest absolute Gasteiger partial charge is 0.328 e. The number of nitrogens with one attached hydrogen (secondary N) is 2. The Morgan fingerprint density at radius 2 is 1.62 bits per heavy atom. The number of carbonyl (C=O) groups is 3. The highest BCUT2D eigenvalue weighted by atomic mass is 16.5. The van der Waals surface area contributed by atoms with Gasteiger partial charge in [-0.25, -0.2) is 4.79 Å². The van der Waals surface area contributed by atoms with Gasteiger partial charge in [-0.1, -0.05) is 32.0 Å². The maximum absolute atomic E-state index is 12.5. The van der Waals surface area contributed by atoms with Gasteiger partial charge in [-0.2, -0.15) is 0 Å². The number of esters is 1. The third-order valence-electron chi connectivity index (χ3n) is 3.41. The third kappa shape index (κ3) is 5.22. The molecule has 24 heavy (non-hydrogen) atoms. The van der Waals surface area contributed by atoms with Crippen LogP contribution in [0.3, 0.4) is 0 Å². The number of hydrogen-bond donors (Lipinski definition) is 2. The van der Waals surface area contributed by atoms with Gasteiger partial charge in [0, 0.05) is 5.56 Å². The summed E-state index contributed by atoms with van der Waals surface area (Å²) in [5.74, 6) is -1.59. The molecule has 6 heteroatoms. The van der Waals surface area contributed by atoms with Gasteiger partial charge in [0.2, 0.25) is 0 Å². The monoisotopic (exact) mass is 332 g/mol. The van der Waals surface area contributed by atoms with E-state index >= 15 is 0 Å². The lowest BCUT2D eigenvalue weighted by Crippen LogP contribution is -2.47. The van der Waals surface area contributed by atoms with Crippen LogP contribution in [0.25, 0.3) is 0 Å².